The van der Waals surface area contributed by atoms with Crippen LogP contribution in [0.4, 0.5) is 26.3 Å². The topological polar surface area (TPSA) is 9.23 Å². The van der Waals surface area contributed by atoms with Crippen LogP contribution in [0.5, 0.6) is 5.75 Å². The molecule has 0 amide bonds. The predicted octanol–water partition coefficient (Wildman–Crippen LogP) is 12.0. The third kappa shape index (κ3) is 7.15. The Hall–Kier alpha value is -3.71. The van der Waals surface area contributed by atoms with Crippen LogP contribution in [0.15, 0.2) is 84.9 Å². The third-order valence-electron chi connectivity index (χ3n) is 8.28. The Morgan fingerprint density at radius 3 is 1.98 bits per heavy atom. The van der Waals surface area contributed by atoms with Crippen molar-refractivity contribution >= 4 is 11.6 Å². The summed E-state index contributed by atoms with van der Waals surface area (Å²) in [6.45, 7) is 1.98. The molecule has 8 heteroatoms. The highest BCUT2D eigenvalue weighted by Gasteiger charge is 2.41. The quantitative estimate of drug-likeness (QED) is 0.132. The van der Waals surface area contributed by atoms with Gasteiger partial charge in [0.05, 0.1) is 5.02 Å². The molecule has 0 unspecified atom stereocenters. The Bertz CT molecular complexity index is 1620. The maximum Gasteiger partial charge on any atom is 0.432 e. The number of ether oxygens (including phenoxy) is 1. The van der Waals surface area contributed by atoms with Crippen LogP contribution >= 0.6 is 11.6 Å². The highest BCUT2D eigenvalue weighted by Crippen LogP contribution is 2.41. The first-order valence-electron chi connectivity index (χ1n) is 14.6. The van der Waals surface area contributed by atoms with E-state index in [1.54, 1.807) is 6.07 Å². The van der Waals surface area contributed by atoms with Gasteiger partial charge in [-0.3, -0.25) is 0 Å². The van der Waals surface area contributed by atoms with Crippen molar-refractivity contribution in [3.8, 4) is 28.0 Å². The molecule has 0 aromatic heterocycles. The summed E-state index contributed by atoms with van der Waals surface area (Å²) >= 11 is 5.71. The van der Waals surface area contributed by atoms with Crippen LogP contribution in [-0.2, 0) is 6.11 Å². The predicted molar refractivity (Wildman–Crippen MR) is 162 cm³/mol. The molecule has 0 bridgehead atoms. The fourth-order valence-corrected chi connectivity index (χ4v) is 6.01. The monoisotopic (exact) mass is 628 g/mol. The summed E-state index contributed by atoms with van der Waals surface area (Å²) in [5, 5.41) is -0.0787. The van der Waals surface area contributed by atoms with Crippen LogP contribution in [0.1, 0.15) is 62.5 Å². The van der Waals surface area contributed by atoms with Gasteiger partial charge in [0, 0.05) is 5.56 Å². The molecule has 1 aliphatic carbocycles. The molecule has 230 valence electrons. The van der Waals surface area contributed by atoms with Crippen molar-refractivity contribution in [3.63, 3.8) is 0 Å². The molecule has 44 heavy (non-hydrogen) atoms. The summed E-state index contributed by atoms with van der Waals surface area (Å²) in [6.07, 6.45) is 5.31. The highest BCUT2D eigenvalue weighted by molar-refractivity contribution is 6.30. The molecule has 5 rings (SSSR count). The maximum absolute atomic E-state index is 15.1. The van der Waals surface area contributed by atoms with Gasteiger partial charge in [-0.25, -0.2) is 17.6 Å². The minimum absolute atomic E-state index is 0.0787. The van der Waals surface area contributed by atoms with E-state index in [-0.39, 0.29) is 22.3 Å². The van der Waals surface area contributed by atoms with Crippen molar-refractivity contribution < 1.29 is 31.1 Å². The van der Waals surface area contributed by atoms with Crippen molar-refractivity contribution in [1.29, 1.82) is 0 Å². The van der Waals surface area contributed by atoms with Gasteiger partial charge in [0.15, 0.2) is 0 Å². The standard InChI is InChI=1S/C36H31ClF6O/c1-2-3-4-5-22-6-8-24(9-7-22)27-20-33(40)35(34(41)21-27)36(42,43)44-28-14-10-23(11-15-28)25-12-16-29(31(38)18-25)26-13-17-30(37)32(39)19-26/h2-3,10-22,24H,4-9H2,1H3. The second-order valence-corrected chi connectivity index (χ2v) is 11.6. The SMILES string of the molecule is CC=CCCC1CCC(c2cc(F)c(C(F)(F)Oc3ccc(-c4ccc(-c5ccc(Cl)c(F)c5)c(F)c4)cc3)c(F)c2)CC1. The molecule has 1 fully saturated rings. The van der Waals surface area contributed by atoms with Crippen LogP contribution in [0, 0.1) is 29.2 Å². The summed E-state index contributed by atoms with van der Waals surface area (Å²) in [7, 11) is 0. The summed E-state index contributed by atoms with van der Waals surface area (Å²) in [5.74, 6) is -3.86. The number of hydrogen-bond donors (Lipinski definition) is 0. The van der Waals surface area contributed by atoms with E-state index in [2.05, 4.69) is 6.08 Å². The molecule has 1 aliphatic rings. The number of halogens is 7. The van der Waals surface area contributed by atoms with Crippen molar-refractivity contribution in [1.82, 2.24) is 0 Å². The van der Waals surface area contributed by atoms with Crippen molar-refractivity contribution in [2.45, 2.75) is 57.5 Å². The molecule has 0 heterocycles. The van der Waals surface area contributed by atoms with E-state index in [0.29, 0.717) is 28.2 Å². The summed E-state index contributed by atoms with van der Waals surface area (Å²) in [4.78, 5) is 0. The molecule has 4 aromatic carbocycles. The van der Waals surface area contributed by atoms with Crippen LogP contribution in [0.25, 0.3) is 22.3 Å². The first kappa shape index (κ1) is 31.7. The molecule has 0 radical (unpaired) electrons. The Morgan fingerprint density at radius 1 is 0.750 bits per heavy atom. The van der Waals surface area contributed by atoms with Gasteiger partial charge in [0.2, 0.25) is 0 Å². The van der Waals surface area contributed by atoms with Gasteiger partial charge in [-0.1, -0.05) is 54.1 Å². The molecular weight excluding hydrogens is 598 g/mol. The number of hydrogen-bond acceptors (Lipinski definition) is 1. The lowest BCUT2D eigenvalue weighted by Gasteiger charge is -2.29. The average Bonchev–Trinajstić information content (AvgIpc) is 2.99. The largest absolute Gasteiger partial charge is 0.432 e. The maximum atomic E-state index is 15.1. The molecule has 1 saturated carbocycles. The van der Waals surface area contributed by atoms with Crippen LogP contribution in [0.3, 0.4) is 0 Å². The Morgan fingerprint density at radius 2 is 1.36 bits per heavy atom. The van der Waals surface area contributed by atoms with Crippen molar-refractivity contribution in [3.05, 3.63) is 124 Å². The molecule has 0 aliphatic heterocycles. The number of alkyl halides is 2. The van der Waals surface area contributed by atoms with Crippen LogP contribution in [0.2, 0.25) is 5.02 Å². The molecule has 0 spiro atoms. The second-order valence-electron chi connectivity index (χ2n) is 11.2. The van der Waals surface area contributed by atoms with E-state index >= 15 is 8.78 Å². The van der Waals surface area contributed by atoms with Crippen molar-refractivity contribution in [2.75, 3.05) is 0 Å². The van der Waals surface area contributed by atoms with Gasteiger partial charge in [-0.05, 0) is 122 Å². The van der Waals surface area contributed by atoms with Gasteiger partial charge in [0.1, 0.15) is 34.6 Å². The zero-order chi connectivity index (χ0) is 31.4. The fraction of sp³-hybridized carbons (Fsp3) is 0.278. The first-order chi connectivity index (χ1) is 21.1. The van der Waals surface area contributed by atoms with Gasteiger partial charge in [0.25, 0.3) is 0 Å². The normalized spacial score (nSPS) is 17.3. The van der Waals surface area contributed by atoms with Gasteiger partial charge < -0.3 is 4.74 Å². The average molecular weight is 629 g/mol. The molecule has 0 atom stereocenters. The van der Waals surface area contributed by atoms with E-state index in [9.17, 15) is 17.6 Å². The van der Waals surface area contributed by atoms with E-state index in [1.807, 2.05) is 13.0 Å². The van der Waals surface area contributed by atoms with E-state index < -0.39 is 34.9 Å². The Kier molecular flexibility index (Phi) is 9.74. The lowest BCUT2D eigenvalue weighted by Crippen LogP contribution is -2.25. The number of benzene rings is 4. The first-order valence-corrected chi connectivity index (χ1v) is 15.0. The summed E-state index contributed by atoms with van der Waals surface area (Å²) in [5.41, 5.74) is 0.311. The van der Waals surface area contributed by atoms with E-state index in [4.69, 9.17) is 16.3 Å². The smallest absolute Gasteiger partial charge is 0.429 e. The number of allylic oxidation sites excluding steroid dienone is 2. The van der Waals surface area contributed by atoms with Gasteiger partial charge in [-0.2, -0.15) is 8.78 Å². The minimum atomic E-state index is -4.28. The Labute approximate surface area is 258 Å². The molecule has 1 nitrogen and oxygen atoms in total. The molecular formula is C36H31ClF6O. The highest BCUT2D eigenvalue weighted by atomic mass is 35.5. The van der Waals surface area contributed by atoms with Crippen LogP contribution < -0.4 is 4.74 Å². The zero-order valence-corrected chi connectivity index (χ0v) is 24.8. The van der Waals surface area contributed by atoms with Crippen LogP contribution in [-0.4, -0.2) is 0 Å². The zero-order valence-electron chi connectivity index (χ0n) is 24.0. The molecule has 0 N–H and O–H groups in total. The number of rotatable bonds is 9. The Balaban J connectivity index is 1.27. The van der Waals surface area contributed by atoms with Gasteiger partial charge >= 0.3 is 6.11 Å². The summed E-state index contributed by atoms with van der Waals surface area (Å²) in [6, 6.07) is 15.5. The molecule has 4 aromatic rings. The van der Waals surface area contributed by atoms with E-state index in [1.165, 1.54) is 48.5 Å². The van der Waals surface area contributed by atoms with Gasteiger partial charge in [-0.15, -0.1) is 0 Å². The minimum Gasteiger partial charge on any atom is -0.429 e. The van der Waals surface area contributed by atoms with E-state index in [0.717, 1.165) is 56.7 Å². The third-order valence-corrected chi connectivity index (χ3v) is 8.59. The van der Waals surface area contributed by atoms with Crippen molar-refractivity contribution in [2.24, 2.45) is 5.92 Å². The lowest BCUT2D eigenvalue weighted by atomic mass is 9.77. The second kappa shape index (κ2) is 13.5. The molecule has 0 saturated heterocycles. The fourth-order valence-electron chi connectivity index (χ4n) is 5.90. The summed E-state index contributed by atoms with van der Waals surface area (Å²) < 4.78 is 93.6. The lowest BCUT2D eigenvalue weighted by molar-refractivity contribution is -0.189.